The largest absolute Gasteiger partial charge is 0.467 e. The lowest BCUT2D eigenvalue weighted by atomic mass is 10.2. The van der Waals surface area contributed by atoms with E-state index in [2.05, 4.69) is 26.9 Å². The molecule has 0 spiro atoms. The Morgan fingerprint density at radius 3 is 2.78 bits per heavy atom. The standard InChI is InChI=1S/C14H15BrN2O/c15-10-3-6-14(13(16)8-10)17(11-4-5-11)9-12-2-1-7-18-12/h1-3,6-8,11H,4-5,9,16H2. The molecule has 18 heavy (non-hydrogen) atoms. The Hall–Kier alpha value is -1.42. The van der Waals surface area contributed by atoms with Crippen molar-refractivity contribution >= 4 is 27.3 Å². The molecule has 2 aromatic rings. The van der Waals surface area contributed by atoms with E-state index in [1.54, 1.807) is 6.26 Å². The second kappa shape index (κ2) is 4.69. The van der Waals surface area contributed by atoms with Crippen molar-refractivity contribution in [3.8, 4) is 0 Å². The highest BCUT2D eigenvalue weighted by Gasteiger charge is 2.30. The predicted octanol–water partition coefficient (Wildman–Crippen LogP) is 3.79. The van der Waals surface area contributed by atoms with E-state index in [4.69, 9.17) is 10.2 Å². The molecule has 94 valence electrons. The maximum Gasteiger partial charge on any atom is 0.123 e. The number of halogens is 1. The van der Waals surface area contributed by atoms with Gasteiger partial charge in [-0.15, -0.1) is 0 Å². The zero-order valence-electron chi connectivity index (χ0n) is 9.97. The number of furan rings is 1. The van der Waals surface area contributed by atoms with E-state index in [0.29, 0.717) is 6.04 Å². The van der Waals surface area contributed by atoms with Crippen LogP contribution in [0.1, 0.15) is 18.6 Å². The average molecular weight is 307 g/mol. The molecule has 0 aliphatic heterocycles. The van der Waals surface area contributed by atoms with Gasteiger partial charge >= 0.3 is 0 Å². The third kappa shape index (κ3) is 2.38. The molecular formula is C14H15BrN2O. The molecule has 1 aromatic carbocycles. The van der Waals surface area contributed by atoms with Crippen LogP contribution in [-0.2, 0) is 6.54 Å². The molecule has 1 heterocycles. The summed E-state index contributed by atoms with van der Waals surface area (Å²) in [6, 6.07) is 10.6. The van der Waals surface area contributed by atoms with Crippen molar-refractivity contribution in [2.24, 2.45) is 0 Å². The van der Waals surface area contributed by atoms with Crippen LogP contribution in [0.2, 0.25) is 0 Å². The van der Waals surface area contributed by atoms with Crippen LogP contribution in [0, 0.1) is 0 Å². The van der Waals surface area contributed by atoms with Gasteiger partial charge in [0.15, 0.2) is 0 Å². The topological polar surface area (TPSA) is 42.4 Å². The molecule has 0 unspecified atom stereocenters. The molecule has 1 aliphatic rings. The molecule has 0 bridgehead atoms. The summed E-state index contributed by atoms with van der Waals surface area (Å²) < 4.78 is 6.45. The number of hydrogen-bond donors (Lipinski definition) is 1. The molecule has 1 aliphatic carbocycles. The Morgan fingerprint density at radius 1 is 1.33 bits per heavy atom. The Kier molecular flexibility index (Phi) is 3.04. The number of nitrogens with zero attached hydrogens (tertiary/aromatic N) is 1. The minimum Gasteiger partial charge on any atom is -0.467 e. The first-order valence-corrected chi connectivity index (χ1v) is 6.87. The Balaban J connectivity index is 1.89. The van der Waals surface area contributed by atoms with Crippen molar-refractivity contribution in [3.63, 3.8) is 0 Å². The van der Waals surface area contributed by atoms with Gasteiger partial charge in [0, 0.05) is 10.5 Å². The van der Waals surface area contributed by atoms with Crippen molar-refractivity contribution in [2.75, 3.05) is 10.6 Å². The predicted molar refractivity (Wildman–Crippen MR) is 76.5 cm³/mol. The molecular weight excluding hydrogens is 292 g/mol. The molecule has 3 rings (SSSR count). The molecule has 0 saturated heterocycles. The minimum atomic E-state index is 0.596. The van der Waals surface area contributed by atoms with Gasteiger partial charge in [0.1, 0.15) is 5.76 Å². The molecule has 0 amide bonds. The number of rotatable bonds is 4. The van der Waals surface area contributed by atoms with Crippen molar-refractivity contribution in [1.29, 1.82) is 0 Å². The lowest BCUT2D eigenvalue weighted by molar-refractivity contribution is 0.501. The maximum atomic E-state index is 6.11. The van der Waals surface area contributed by atoms with E-state index >= 15 is 0 Å². The van der Waals surface area contributed by atoms with Crippen molar-refractivity contribution in [2.45, 2.75) is 25.4 Å². The van der Waals surface area contributed by atoms with Crippen LogP contribution in [-0.4, -0.2) is 6.04 Å². The van der Waals surface area contributed by atoms with E-state index in [-0.39, 0.29) is 0 Å². The normalized spacial score (nSPS) is 14.7. The fourth-order valence-corrected chi connectivity index (χ4v) is 2.53. The van der Waals surface area contributed by atoms with Gasteiger partial charge in [0.25, 0.3) is 0 Å². The maximum absolute atomic E-state index is 6.11. The number of hydrogen-bond acceptors (Lipinski definition) is 3. The first-order chi connectivity index (χ1) is 8.74. The van der Waals surface area contributed by atoms with E-state index in [1.165, 1.54) is 12.8 Å². The summed E-state index contributed by atoms with van der Waals surface area (Å²) in [6.07, 6.45) is 4.18. The van der Waals surface area contributed by atoms with Crippen LogP contribution in [0.4, 0.5) is 11.4 Å². The number of nitrogens with two attached hydrogens (primary N) is 1. The van der Waals surface area contributed by atoms with Crippen LogP contribution in [0.25, 0.3) is 0 Å². The van der Waals surface area contributed by atoms with Gasteiger partial charge < -0.3 is 15.1 Å². The average Bonchev–Trinajstić information content (AvgIpc) is 3.05. The minimum absolute atomic E-state index is 0.596. The summed E-state index contributed by atoms with van der Waals surface area (Å²) in [7, 11) is 0. The summed E-state index contributed by atoms with van der Waals surface area (Å²) in [4.78, 5) is 2.33. The molecule has 0 atom stereocenters. The number of benzene rings is 1. The third-order valence-electron chi connectivity index (χ3n) is 3.19. The summed E-state index contributed by atoms with van der Waals surface area (Å²) in [5.41, 5.74) is 8.02. The van der Waals surface area contributed by atoms with Gasteiger partial charge in [-0.05, 0) is 43.2 Å². The van der Waals surface area contributed by atoms with Gasteiger partial charge in [-0.25, -0.2) is 0 Å². The van der Waals surface area contributed by atoms with Gasteiger partial charge in [-0.3, -0.25) is 0 Å². The van der Waals surface area contributed by atoms with E-state index in [0.717, 1.165) is 28.2 Å². The van der Waals surface area contributed by atoms with Gasteiger partial charge in [-0.2, -0.15) is 0 Å². The SMILES string of the molecule is Nc1cc(Br)ccc1N(Cc1ccco1)C1CC1. The van der Waals surface area contributed by atoms with Gasteiger partial charge in [0.2, 0.25) is 0 Å². The highest BCUT2D eigenvalue weighted by molar-refractivity contribution is 9.10. The quantitative estimate of drug-likeness (QED) is 0.874. The van der Waals surface area contributed by atoms with Crippen LogP contribution in [0.3, 0.4) is 0 Å². The smallest absolute Gasteiger partial charge is 0.123 e. The highest BCUT2D eigenvalue weighted by atomic mass is 79.9. The van der Waals surface area contributed by atoms with E-state index in [9.17, 15) is 0 Å². The number of nitrogen functional groups attached to an aromatic ring is 1. The Bertz CT molecular complexity index is 535. The van der Waals surface area contributed by atoms with Crippen LogP contribution in [0.5, 0.6) is 0 Å². The van der Waals surface area contributed by atoms with E-state index in [1.807, 2.05) is 24.3 Å². The second-order valence-electron chi connectivity index (χ2n) is 4.64. The summed E-state index contributed by atoms with van der Waals surface area (Å²) >= 11 is 3.44. The lowest BCUT2D eigenvalue weighted by Crippen LogP contribution is -2.25. The first kappa shape index (κ1) is 11.7. The fourth-order valence-electron chi connectivity index (χ4n) is 2.15. The second-order valence-corrected chi connectivity index (χ2v) is 5.56. The molecule has 1 fully saturated rings. The van der Waals surface area contributed by atoms with Crippen molar-refractivity contribution in [3.05, 3.63) is 46.8 Å². The van der Waals surface area contributed by atoms with Crippen molar-refractivity contribution < 1.29 is 4.42 Å². The molecule has 1 aromatic heterocycles. The molecule has 3 nitrogen and oxygen atoms in total. The summed E-state index contributed by atoms with van der Waals surface area (Å²) in [6.45, 7) is 0.781. The van der Waals surface area contributed by atoms with Gasteiger partial charge in [-0.1, -0.05) is 15.9 Å². The third-order valence-corrected chi connectivity index (χ3v) is 3.69. The Labute approximate surface area is 115 Å². The molecule has 0 radical (unpaired) electrons. The van der Waals surface area contributed by atoms with Crippen LogP contribution >= 0.6 is 15.9 Å². The zero-order chi connectivity index (χ0) is 12.5. The molecule has 4 heteroatoms. The fraction of sp³-hybridized carbons (Fsp3) is 0.286. The first-order valence-electron chi connectivity index (χ1n) is 6.08. The van der Waals surface area contributed by atoms with Crippen LogP contribution in [0.15, 0.2) is 45.5 Å². The van der Waals surface area contributed by atoms with Crippen LogP contribution < -0.4 is 10.6 Å². The zero-order valence-corrected chi connectivity index (χ0v) is 11.6. The number of anilines is 2. The lowest BCUT2D eigenvalue weighted by Gasteiger charge is -2.25. The molecule has 2 N–H and O–H groups in total. The van der Waals surface area contributed by atoms with Crippen molar-refractivity contribution in [1.82, 2.24) is 0 Å². The monoisotopic (exact) mass is 306 g/mol. The van der Waals surface area contributed by atoms with E-state index < -0.39 is 0 Å². The summed E-state index contributed by atoms with van der Waals surface area (Å²) in [5, 5.41) is 0. The Morgan fingerprint density at radius 2 is 2.17 bits per heavy atom. The highest BCUT2D eigenvalue weighted by Crippen LogP contribution is 2.37. The summed E-state index contributed by atoms with van der Waals surface area (Å²) in [5.74, 6) is 0.976. The van der Waals surface area contributed by atoms with Gasteiger partial charge in [0.05, 0.1) is 24.2 Å². The molecule has 1 saturated carbocycles.